The summed E-state index contributed by atoms with van der Waals surface area (Å²) in [5.41, 5.74) is 1.60. The van der Waals surface area contributed by atoms with Crippen molar-refractivity contribution < 1.29 is 9.90 Å². The molecule has 17 heavy (non-hydrogen) atoms. The fourth-order valence-electron chi connectivity index (χ4n) is 1.31. The molecule has 0 atom stereocenters. The van der Waals surface area contributed by atoms with Crippen LogP contribution in [0.1, 0.15) is 15.4 Å². The van der Waals surface area contributed by atoms with Crippen molar-refractivity contribution in [3.05, 3.63) is 32.6 Å². The van der Waals surface area contributed by atoms with Gasteiger partial charge in [0.15, 0.2) is 5.69 Å². The number of hydrogen-bond donors (Lipinski definition) is 2. The number of halogens is 1. The molecule has 0 saturated carbocycles. The van der Waals surface area contributed by atoms with Gasteiger partial charge in [0.25, 0.3) is 0 Å². The molecule has 0 spiro atoms. The van der Waals surface area contributed by atoms with Crippen LogP contribution in [-0.4, -0.2) is 22.6 Å². The topological polar surface area (TPSA) is 62.2 Å². The van der Waals surface area contributed by atoms with E-state index in [1.165, 1.54) is 33.1 Å². The molecule has 0 aliphatic heterocycles. The van der Waals surface area contributed by atoms with E-state index < -0.39 is 5.97 Å². The number of anilines is 1. The third-order valence-electron chi connectivity index (χ3n) is 2.06. The zero-order chi connectivity index (χ0) is 12.3. The van der Waals surface area contributed by atoms with E-state index in [0.29, 0.717) is 11.5 Å². The minimum atomic E-state index is -1.01. The Kier molecular flexibility index (Phi) is 3.98. The Morgan fingerprint density at radius 2 is 2.35 bits per heavy atom. The molecule has 0 unspecified atom stereocenters. The number of nitrogens with one attached hydrogen (secondary N) is 1. The number of rotatable bonds is 5. The van der Waals surface area contributed by atoms with Crippen molar-refractivity contribution in [1.29, 1.82) is 0 Å². The second kappa shape index (κ2) is 5.48. The van der Waals surface area contributed by atoms with Crippen molar-refractivity contribution in [3.8, 4) is 0 Å². The number of aromatic carboxylic acids is 1. The first-order valence-electron chi connectivity index (χ1n) is 4.81. The summed E-state index contributed by atoms with van der Waals surface area (Å²) in [5.74, 6) is -1.01. The molecular weight excluding hydrogens is 280 g/mol. The maximum atomic E-state index is 10.8. The zero-order valence-electron chi connectivity index (χ0n) is 8.64. The first-order valence-corrected chi connectivity index (χ1v) is 6.89. The molecule has 0 radical (unpaired) electrons. The highest BCUT2D eigenvalue weighted by Gasteiger charge is 2.12. The van der Waals surface area contributed by atoms with E-state index >= 15 is 0 Å². The molecule has 0 aromatic carbocycles. The number of carboxylic acids is 1. The molecule has 4 nitrogen and oxygen atoms in total. The molecule has 0 fully saturated rings. The van der Waals surface area contributed by atoms with Gasteiger partial charge in [0, 0.05) is 11.4 Å². The Hall–Kier alpha value is -1.11. The van der Waals surface area contributed by atoms with Crippen molar-refractivity contribution in [2.24, 2.45) is 0 Å². The molecule has 2 rings (SSSR count). The highest BCUT2D eigenvalue weighted by atomic mass is 35.5. The SMILES string of the molecule is O=C(O)c1ncsc1NCCc1ccc(Cl)s1. The predicted octanol–water partition coefficient (Wildman–Crippen LogP) is 3.21. The largest absolute Gasteiger partial charge is 0.476 e. The molecule has 0 saturated heterocycles. The molecule has 0 bridgehead atoms. The molecule has 2 heterocycles. The number of hydrogen-bond acceptors (Lipinski definition) is 5. The van der Waals surface area contributed by atoms with Gasteiger partial charge in [-0.3, -0.25) is 0 Å². The third kappa shape index (κ3) is 3.18. The third-order valence-corrected chi connectivity index (χ3v) is 4.13. The van der Waals surface area contributed by atoms with E-state index in [1.807, 2.05) is 12.1 Å². The Bertz CT molecular complexity index is 524. The van der Waals surface area contributed by atoms with E-state index in [-0.39, 0.29) is 5.69 Å². The summed E-state index contributed by atoms with van der Waals surface area (Å²) < 4.78 is 0.768. The summed E-state index contributed by atoms with van der Waals surface area (Å²) in [6.45, 7) is 0.666. The molecule has 90 valence electrons. The van der Waals surface area contributed by atoms with Crippen LogP contribution in [0.2, 0.25) is 4.34 Å². The molecule has 0 aliphatic rings. The molecule has 0 amide bonds. The van der Waals surface area contributed by atoms with Crippen LogP contribution in [0.25, 0.3) is 0 Å². The van der Waals surface area contributed by atoms with E-state index in [1.54, 1.807) is 0 Å². The van der Waals surface area contributed by atoms with Crippen molar-refractivity contribution in [3.63, 3.8) is 0 Å². The first-order chi connectivity index (χ1) is 8.16. The quantitative estimate of drug-likeness (QED) is 0.887. The second-order valence-electron chi connectivity index (χ2n) is 3.22. The van der Waals surface area contributed by atoms with Crippen LogP contribution >= 0.6 is 34.3 Å². The van der Waals surface area contributed by atoms with Gasteiger partial charge in [-0.05, 0) is 18.6 Å². The molecule has 0 aliphatic carbocycles. The van der Waals surface area contributed by atoms with E-state index in [0.717, 1.165) is 10.8 Å². The second-order valence-corrected chi connectivity index (χ2v) is 5.87. The van der Waals surface area contributed by atoms with Gasteiger partial charge in [-0.1, -0.05) is 11.6 Å². The van der Waals surface area contributed by atoms with Crippen molar-refractivity contribution >= 4 is 45.2 Å². The standard InChI is InChI=1S/C10H9ClN2O2S2/c11-7-2-1-6(17-7)3-4-12-9-8(10(14)15)13-5-16-9/h1-2,5,12H,3-4H2,(H,14,15). The number of thiazole rings is 1. The minimum absolute atomic E-state index is 0.0826. The first kappa shape index (κ1) is 12.3. The highest BCUT2D eigenvalue weighted by molar-refractivity contribution is 7.16. The van der Waals surface area contributed by atoms with Crippen LogP contribution in [-0.2, 0) is 6.42 Å². The average Bonchev–Trinajstić information content (AvgIpc) is 2.87. The Morgan fingerprint density at radius 3 is 3.00 bits per heavy atom. The van der Waals surface area contributed by atoms with Crippen LogP contribution in [0, 0.1) is 0 Å². The summed E-state index contributed by atoms with van der Waals surface area (Å²) in [5, 5.41) is 12.5. The van der Waals surface area contributed by atoms with Gasteiger partial charge in [-0.25, -0.2) is 9.78 Å². The fourth-order valence-corrected chi connectivity index (χ4v) is 3.10. The van der Waals surface area contributed by atoms with Crippen LogP contribution < -0.4 is 5.32 Å². The number of aromatic nitrogens is 1. The summed E-state index contributed by atoms with van der Waals surface area (Å²) >= 11 is 8.64. The lowest BCUT2D eigenvalue weighted by Crippen LogP contribution is -2.07. The van der Waals surface area contributed by atoms with Crippen LogP contribution in [0.3, 0.4) is 0 Å². The van der Waals surface area contributed by atoms with Crippen LogP contribution in [0.5, 0.6) is 0 Å². The molecule has 2 aromatic rings. The van der Waals surface area contributed by atoms with E-state index in [4.69, 9.17) is 16.7 Å². The van der Waals surface area contributed by atoms with Crippen molar-refractivity contribution in [2.45, 2.75) is 6.42 Å². The lowest BCUT2D eigenvalue weighted by Gasteiger charge is -2.02. The van der Waals surface area contributed by atoms with Crippen molar-refractivity contribution in [2.75, 3.05) is 11.9 Å². The van der Waals surface area contributed by atoms with Gasteiger partial charge in [-0.15, -0.1) is 22.7 Å². The van der Waals surface area contributed by atoms with E-state index in [2.05, 4.69) is 10.3 Å². The maximum Gasteiger partial charge on any atom is 0.357 e. The zero-order valence-corrected chi connectivity index (χ0v) is 11.0. The summed E-state index contributed by atoms with van der Waals surface area (Å²) in [7, 11) is 0. The van der Waals surface area contributed by atoms with Gasteiger partial charge >= 0.3 is 5.97 Å². The maximum absolute atomic E-state index is 10.8. The summed E-state index contributed by atoms with van der Waals surface area (Å²) in [6, 6.07) is 3.83. The molecule has 7 heteroatoms. The Labute approximate surface area is 111 Å². The van der Waals surface area contributed by atoms with Gasteiger partial charge < -0.3 is 10.4 Å². The highest BCUT2D eigenvalue weighted by Crippen LogP contribution is 2.23. The summed E-state index contributed by atoms with van der Waals surface area (Å²) in [4.78, 5) is 15.8. The fraction of sp³-hybridized carbons (Fsp3) is 0.200. The number of carboxylic acid groups (broad SMARTS) is 1. The average molecular weight is 289 g/mol. The van der Waals surface area contributed by atoms with Gasteiger partial charge in [0.2, 0.25) is 0 Å². The van der Waals surface area contributed by atoms with Gasteiger partial charge in [0.05, 0.1) is 9.85 Å². The van der Waals surface area contributed by atoms with E-state index in [9.17, 15) is 4.79 Å². The summed E-state index contributed by atoms with van der Waals surface area (Å²) in [6.07, 6.45) is 0.814. The Balaban J connectivity index is 1.90. The van der Waals surface area contributed by atoms with Crippen LogP contribution in [0.4, 0.5) is 5.00 Å². The number of carbonyl (C=O) groups is 1. The number of nitrogens with zero attached hydrogens (tertiary/aromatic N) is 1. The predicted molar refractivity (Wildman–Crippen MR) is 70.6 cm³/mol. The smallest absolute Gasteiger partial charge is 0.357 e. The lowest BCUT2D eigenvalue weighted by atomic mass is 10.3. The van der Waals surface area contributed by atoms with Gasteiger partial charge in [-0.2, -0.15) is 0 Å². The molecule has 2 N–H and O–H groups in total. The van der Waals surface area contributed by atoms with Crippen molar-refractivity contribution in [1.82, 2.24) is 4.98 Å². The molecular formula is C10H9ClN2O2S2. The monoisotopic (exact) mass is 288 g/mol. The van der Waals surface area contributed by atoms with Gasteiger partial charge in [0.1, 0.15) is 5.00 Å². The normalized spacial score (nSPS) is 10.4. The molecule has 2 aromatic heterocycles. The minimum Gasteiger partial charge on any atom is -0.476 e. The lowest BCUT2D eigenvalue weighted by molar-refractivity contribution is 0.0692. The number of thiophene rings is 1. The Morgan fingerprint density at radius 1 is 1.53 bits per heavy atom. The van der Waals surface area contributed by atoms with Crippen LogP contribution in [0.15, 0.2) is 17.6 Å².